The SMILES string of the molecule is CCCCC(CC)CC. The first kappa shape index (κ1) is 9.00. The topological polar surface area (TPSA) is 0 Å². The summed E-state index contributed by atoms with van der Waals surface area (Å²) in [6, 6.07) is 0. The second-order valence-electron chi connectivity index (χ2n) is 2.82. The predicted molar refractivity (Wildman–Crippen MR) is 43.6 cm³/mol. The van der Waals surface area contributed by atoms with E-state index in [1.165, 1.54) is 32.1 Å². The predicted octanol–water partition coefficient (Wildman–Crippen LogP) is 3.61. The summed E-state index contributed by atoms with van der Waals surface area (Å²) in [5, 5.41) is 0. The molecule has 0 aliphatic heterocycles. The Kier molecular flexibility index (Phi) is 6.12. The van der Waals surface area contributed by atoms with Crippen LogP contribution in [0.1, 0.15) is 52.9 Å². The van der Waals surface area contributed by atoms with Crippen LogP contribution in [-0.2, 0) is 0 Å². The third-order valence-electron chi connectivity index (χ3n) is 2.12. The Labute approximate surface area is 59.7 Å². The van der Waals surface area contributed by atoms with Gasteiger partial charge in [0.15, 0.2) is 0 Å². The Bertz CT molecular complexity index is 44.0. The molecule has 0 aliphatic rings. The van der Waals surface area contributed by atoms with Gasteiger partial charge in [0.2, 0.25) is 0 Å². The van der Waals surface area contributed by atoms with E-state index in [1.807, 2.05) is 0 Å². The van der Waals surface area contributed by atoms with E-state index < -0.39 is 0 Å². The van der Waals surface area contributed by atoms with Crippen molar-refractivity contribution < 1.29 is 0 Å². The van der Waals surface area contributed by atoms with Crippen molar-refractivity contribution in [3.63, 3.8) is 0 Å². The quantitative estimate of drug-likeness (QED) is 0.530. The Morgan fingerprint density at radius 3 is 1.89 bits per heavy atom. The van der Waals surface area contributed by atoms with Crippen molar-refractivity contribution in [1.29, 1.82) is 0 Å². The van der Waals surface area contributed by atoms with Crippen molar-refractivity contribution in [2.45, 2.75) is 52.9 Å². The first-order chi connectivity index (χ1) is 4.35. The molecule has 0 aromatic rings. The van der Waals surface area contributed by atoms with E-state index in [-0.39, 0.29) is 0 Å². The highest BCUT2D eigenvalue weighted by molar-refractivity contribution is 4.53. The van der Waals surface area contributed by atoms with Crippen LogP contribution in [0.4, 0.5) is 0 Å². The summed E-state index contributed by atoms with van der Waals surface area (Å²) in [5.41, 5.74) is 0. The molecule has 0 amide bonds. The summed E-state index contributed by atoms with van der Waals surface area (Å²) in [4.78, 5) is 0. The van der Waals surface area contributed by atoms with E-state index in [0.29, 0.717) is 0 Å². The molecule has 0 aromatic carbocycles. The molecule has 0 N–H and O–H groups in total. The van der Waals surface area contributed by atoms with Gasteiger partial charge in [0.25, 0.3) is 0 Å². The number of hydrogen-bond acceptors (Lipinski definition) is 0. The molecule has 0 aromatic heterocycles. The Morgan fingerprint density at radius 1 is 1.00 bits per heavy atom. The van der Waals surface area contributed by atoms with Gasteiger partial charge in [0.1, 0.15) is 0 Å². The largest absolute Gasteiger partial charge is 0.0654 e. The van der Waals surface area contributed by atoms with Crippen LogP contribution in [0.5, 0.6) is 0 Å². The maximum Gasteiger partial charge on any atom is -0.0420 e. The van der Waals surface area contributed by atoms with Crippen LogP contribution in [0.25, 0.3) is 0 Å². The van der Waals surface area contributed by atoms with Crippen LogP contribution >= 0.6 is 0 Å². The van der Waals surface area contributed by atoms with Crippen molar-refractivity contribution in [2.75, 3.05) is 0 Å². The van der Waals surface area contributed by atoms with E-state index in [4.69, 9.17) is 0 Å². The second kappa shape index (κ2) is 6.12. The summed E-state index contributed by atoms with van der Waals surface area (Å²) < 4.78 is 0. The monoisotopic (exact) mass is 128 g/mol. The minimum atomic E-state index is 1.00. The average molecular weight is 128 g/mol. The van der Waals surface area contributed by atoms with Gasteiger partial charge in [-0.15, -0.1) is 0 Å². The lowest BCUT2D eigenvalue weighted by molar-refractivity contribution is 0.438. The van der Waals surface area contributed by atoms with Gasteiger partial charge in [-0.05, 0) is 5.92 Å². The summed E-state index contributed by atoms with van der Waals surface area (Å²) in [5.74, 6) is 1.00. The summed E-state index contributed by atoms with van der Waals surface area (Å²) in [6.45, 7) is 6.86. The zero-order valence-corrected chi connectivity index (χ0v) is 7.11. The highest BCUT2D eigenvalue weighted by atomic mass is 14.1. The van der Waals surface area contributed by atoms with Gasteiger partial charge in [-0.1, -0.05) is 52.9 Å². The molecule has 0 spiro atoms. The van der Waals surface area contributed by atoms with Crippen LogP contribution < -0.4 is 0 Å². The fourth-order valence-corrected chi connectivity index (χ4v) is 1.19. The smallest absolute Gasteiger partial charge is 0.0420 e. The maximum atomic E-state index is 2.30. The molecule has 0 nitrogen and oxygen atoms in total. The fraction of sp³-hybridized carbons (Fsp3) is 1.00. The molecule has 0 saturated carbocycles. The molecule has 56 valence electrons. The molecule has 0 unspecified atom stereocenters. The average Bonchev–Trinajstić information content (AvgIpc) is 1.91. The standard InChI is InChI=1S/C9H20/c1-4-7-8-9(5-2)6-3/h9H,4-8H2,1-3H3. The first-order valence-electron chi connectivity index (χ1n) is 4.35. The van der Waals surface area contributed by atoms with Crippen LogP contribution in [0.2, 0.25) is 0 Å². The normalized spacial score (nSPS) is 10.7. The lowest BCUT2D eigenvalue weighted by Crippen LogP contribution is -1.95. The third-order valence-corrected chi connectivity index (χ3v) is 2.12. The number of unbranched alkanes of at least 4 members (excludes halogenated alkanes) is 1. The van der Waals surface area contributed by atoms with Gasteiger partial charge in [-0.25, -0.2) is 0 Å². The molecule has 0 rings (SSSR count). The second-order valence-corrected chi connectivity index (χ2v) is 2.82. The minimum Gasteiger partial charge on any atom is -0.0654 e. The van der Waals surface area contributed by atoms with Crippen molar-refractivity contribution in [2.24, 2.45) is 5.92 Å². The summed E-state index contributed by atoms with van der Waals surface area (Å²) >= 11 is 0. The van der Waals surface area contributed by atoms with E-state index >= 15 is 0 Å². The van der Waals surface area contributed by atoms with E-state index in [1.54, 1.807) is 0 Å². The van der Waals surface area contributed by atoms with Crippen molar-refractivity contribution in [3.8, 4) is 0 Å². The maximum absolute atomic E-state index is 2.30. The molecule has 0 aliphatic carbocycles. The zero-order chi connectivity index (χ0) is 7.11. The number of rotatable bonds is 5. The van der Waals surface area contributed by atoms with Gasteiger partial charge in [0, 0.05) is 0 Å². The molecular weight excluding hydrogens is 108 g/mol. The minimum absolute atomic E-state index is 1.00. The van der Waals surface area contributed by atoms with E-state index in [9.17, 15) is 0 Å². The fourth-order valence-electron chi connectivity index (χ4n) is 1.19. The lowest BCUT2D eigenvalue weighted by Gasteiger charge is -2.09. The molecule has 0 heterocycles. The lowest BCUT2D eigenvalue weighted by atomic mass is 9.97. The molecule has 0 saturated heterocycles. The van der Waals surface area contributed by atoms with Gasteiger partial charge in [0.05, 0.1) is 0 Å². The van der Waals surface area contributed by atoms with E-state index in [2.05, 4.69) is 20.8 Å². The summed E-state index contributed by atoms with van der Waals surface area (Å²) in [7, 11) is 0. The molecule has 0 radical (unpaired) electrons. The van der Waals surface area contributed by atoms with Gasteiger partial charge in [-0.2, -0.15) is 0 Å². The van der Waals surface area contributed by atoms with Crippen LogP contribution in [0.15, 0.2) is 0 Å². The highest BCUT2D eigenvalue weighted by Crippen LogP contribution is 2.15. The molecule has 0 heteroatoms. The zero-order valence-electron chi connectivity index (χ0n) is 7.11. The van der Waals surface area contributed by atoms with Crippen molar-refractivity contribution >= 4 is 0 Å². The molecule has 0 fully saturated rings. The Morgan fingerprint density at radius 2 is 1.56 bits per heavy atom. The molecule has 0 bridgehead atoms. The van der Waals surface area contributed by atoms with Crippen molar-refractivity contribution in [3.05, 3.63) is 0 Å². The number of hydrogen-bond donors (Lipinski definition) is 0. The van der Waals surface area contributed by atoms with Crippen LogP contribution in [0, 0.1) is 5.92 Å². The van der Waals surface area contributed by atoms with Gasteiger partial charge in [-0.3, -0.25) is 0 Å². The molecule has 9 heavy (non-hydrogen) atoms. The van der Waals surface area contributed by atoms with Gasteiger partial charge >= 0.3 is 0 Å². The van der Waals surface area contributed by atoms with E-state index in [0.717, 1.165) is 5.92 Å². The van der Waals surface area contributed by atoms with Crippen molar-refractivity contribution in [1.82, 2.24) is 0 Å². The molecule has 0 atom stereocenters. The summed E-state index contributed by atoms with van der Waals surface area (Å²) in [6.07, 6.45) is 6.97. The Hall–Kier alpha value is 0. The van der Waals surface area contributed by atoms with Crippen LogP contribution in [-0.4, -0.2) is 0 Å². The third kappa shape index (κ3) is 4.50. The first-order valence-corrected chi connectivity index (χ1v) is 4.35. The van der Waals surface area contributed by atoms with Crippen LogP contribution in [0.3, 0.4) is 0 Å². The highest BCUT2D eigenvalue weighted by Gasteiger charge is 2.00. The molecular formula is C9H20. The van der Waals surface area contributed by atoms with Gasteiger partial charge < -0.3 is 0 Å². The Balaban J connectivity index is 3.09.